The van der Waals surface area contributed by atoms with E-state index in [-0.39, 0.29) is 0 Å². The van der Waals surface area contributed by atoms with Crippen LogP contribution in [0.15, 0.2) is 173 Å². The Kier molecular flexibility index (Phi) is 5.81. The molecule has 0 unspecified atom stereocenters. The molecular formula is C44H27N3O2. The second-order valence-electron chi connectivity index (χ2n) is 12.6. The van der Waals surface area contributed by atoms with E-state index in [1.165, 1.54) is 35.1 Å². The number of nitrogens with zero attached hydrogens (tertiary/aromatic N) is 3. The van der Waals surface area contributed by atoms with Crippen molar-refractivity contribution in [1.29, 1.82) is 0 Å². The lowest BCUT2D eigenvalue weighted by Crippen LogP contribution is -2.25. The second kappa shape index (κ2) is 10.4. The van der Waals surface area contributed by atoms with Crippen molar-refractivity contribution in [2.75, 3.05) is 0 Å². The summed E-state index contributed by atoms with van der Waals surface area (Å²) < 4.78 is 4.28. The summed E-state index contributed by atoms with van der Waals surface area (Å²) in [4.78, 5) is 28.1. The van der Waals surface area contributed by atoms with Gasteiger partial charge in [0.25, 0.3) is 0 Å². The Balaban J connectivity index is 1.34. The lowest BCUT2D eigenvalue weighted by molar-refractivity contribution is 0.834. The van der Waals surface area contributed by atoms with E-state index in [2.05, 4.69) is 121 Å². The van der Waals surface area contributed by atoms with Crippen molar-refractivity contribution >= 4 is 75.7 Å². The van der Waals surface area contributed by atoms with Crippen LogP contribution in [0.2, 0.25) is 0 Å². The van der Waals surface area contributed by atoms with Gasteiger partial charge in [-0.25, -0.2) is 14.2 Å². The quantitative estimate of drug-likeness (QED) is 0.182. The Labute approximate surface area is 279 Å². The van der Waals surface area contributed by atoms with E-state index in [1.807, 2.05) is 30.3 Å². The number of benzene rings is 7. The van der Waals surface area contributed by atoms with Crippen LogP contribution in [0, 0.1) is 0 Å². The Hall–Kier alpha value is -6.72. The van der Waals surface area contributed by atoms with Crippen molar-refractivity contribution in [3.8, 4) is 5.69 Å². The van der Waals surface area contributed by atoms with Gasteiger partial charge in [0.15, 0.2) is 0 Å². The van der Waals surface area contributed by atoms with Crippen LogP contribution >= 0.6 is 0 Å². The summed E-state index contributed by atoms with van der Waals surface area (Å²) in [6.07, 6.45) is 0. The predicted molar refractivity (Wildman–Crippen MR) is 203 cm³/mol. The summed E-state index contributed by atoms with van der Waals surface area (Å²) >= 11 is 0. The molecule has 49 heavy (non-hydrogen) atoms. The van der Waals surface area contributed by atoms with Crippen LogP contribution in [-0.4, -0.2) is 13.6 Å². The molecule has 23 aromatic carbocycles. The van der Waals surface area contributed by atoms with Crippen molar-refractivity contribution in [2.24, 2.45) is 0 Å². The zero-order valence-corrected chi connectivity index (χ0v) is 26.2. The molecule has 0 saturated heterocycles. The fourth-order valence-electron chi connectivity index (χ4n) is 7.30. The van der Waals surface area contributed by atoms with Crippen molar-refractivity contribution in [1.82, 2.24) is 13.6 Å². The van der Waals surface area contributed by atoms with E-state index < -0.39 is 11.4 Å². The van der Waals surface area contributed by atoms with Gasteiger partial charge >= 0.3 is 11.4 Å². The molecule has 3 heterocycles. The van der Waals surface area contributed by atoms with Crippen LogP contribution in [0.3, 0.4) is 0 Å². The Morgan fingerprint density at radius 3 is 0.857 bits per heavy atom. The minimum absolute atomic E-state index is 0.400. The molecule has 5 heteroatoms. The van der Waals surface area contributed by atoms with Gasteiger partial charge < -0.3 is 0 Å². The van der Waals surface area contributed by atoms with Crippen LogP contribution in [-0.2, 0) is 0 Å². The predicted octanol–water partition coefficient (Wildman–Crippen LogP) is 9.75. The van der Waals surface area contributed by atoms with Crippen molar-refractivity contribution in [2.45, 2.75) is 0 Å². The molecule has 5 nitrogen and oxygen atoms in total. The first-order valence-corrected chi connectivity index (χ1v) is 16.3. The molecule has 0 aliphatic rings. The zero-order chi connectivity index (χ0) is 32.6. The molecule has 0 amide bonds. The van der Waals surface area contributed by atoms with Crippen molar-refractivity contribution < 1.29 is 0 Å². The molecule has 14 bridgehead atoms. The van der Waals surface area contributed by atoms with E-state index in [0.717, 1.165) is 43.1 Å². The van der Waals surface area contributed by atoms with Gasteiger partial charge in [-0.1, -0.05) is 140 Å². The minimum Gasteiger partial charge on any atom is -0.245 e. The molecule has 230 valence electrons. The summed E-state index contributed by atoms with van der Waals surface area (Å²) in [7, 11) is 0. The van der Waals surface area contributed by atoms with Crippen LogP contribution in [0.1, 0.15) is 0 Å². The first-order valence-electron chi connectivity index (χ1n) is 16.3. The van der Waals surface area contributed by atoms with E-state index >= 15 is 0 Å². The molecule has 3 aromatic heterocycles. The highest BCUT2D eigenvalue weighted by molar-refractivity contribution is 6.09. The molecule has 0 aliphatic heterocycles. The SMILES string of the molecule is O=c1n(-c2ccccc2)c(=O)n2c3cc4c5ccc(cc5)c5ccc(cc5)c5ccc(cc5)c5ccc(cc5)c5ccc(cc5)c3cc4n12. The summed E-state index contributed by atoms with van der Waals surface area (Å²) in [5, 5.41) is 12.8. The fraction of sp³-hybridized carbons (Fsp3) is 0. The fourth-order valence-corrected chi connectivity index (χ4v) is 7.30. The lowest BCUT2D eigenvalue weighted by atomic mass is 10.0. The highest BCUT2D eigenvalue weighted by Gasteiger charge is 2.20. The molecule has 26 aromatic rings. The third-order valence-electron chi connectivity index (χ3n) is 9.91. The largest absolute Gasteiger partial charge is 0.356 e. The molecule has 0 radical (unpaired) electrons. The maximum atomic E-state index is 14.0. The third kappa shape index (κ3) is 4.19. The number of para-hydroxylation sites is 1. The third-order valence-corrected chi connectivity index (χ3v) is 9.91. The van der Waals surface area contributed by atoms with E-state index in [4.69, 9.17) is 0 Å². The average Bonchev–Trinajstić information content (AvgIpc) is 3.46. The van der Waals surface area contributed by atoms with Crippen LogP contribution in [0.5, 0.6) is 0 Å². The van der Waals surface area contributed by atoms with Crippen LogP contribution in [0.4, 0.5) is 0 Å². The van der Waals surface area contributed by atoms with Gasteiger partial charge in [0.2, 0.25) is 0 Å². The maximum absolute atomic E-state index is 14.0. The maximum Gasteiger partial charge on any atom is 0.356 e. The van der Waals surface area contributed by atoms with Crippen LogP contribution in [0.25, 0.3) is 81.4 Å². The molecule has 26 rings (SSSR count). The number of rotatable bonds is 1. The molecule has 0 saturated carbocycles. The second-order valence-corrected chi connectivity index (χ2v) is 12.6. The molecule has 0 atom stereocenters. The first kappa shape index (κ1) is 27.4. The number of hydrogen-bond donors (Lipinski definition) is 0. The summed E-state index contributed by atoms with van der Waals surface area (Å²) in [5.41, 5.74) is 1.07. The van der Waals surface area contributed by atoms with Gasteiger partial charge in [0.05, 0.1) is 16.7 Å². The molecule has 0 N–H and O–H groups in total. The topological polar surface area (TPSA) is 47.9 Å². The van der Waals surface area contributed by atoms with Gasteiger partial charge in [-0.05, 0) is 78.1 Å². The van der Waals surface area contributed by atoms with Crippen molar-refractivity contribution in [3.05, 3.63) is 185 Å². The first-order chi connectivity index (χ1) is 24.1. The van der Waals surface area contributed by atoms with E-state index in [0.29, 0.717) is 16.7 Å². The lowest BCUT2D eigenvalue weighted by Gasteiger charge is -2.11. The Morgan fingerprint density at radius 2 is 0.571 bits per heavy atom. The van der Waals surface area contributed by atoms with Gasteiger partial charge in [-0.2, -0.15) is 9.03 Å². The molecule has 0 spiro atoms. The van der Waals surface area contributed by atoms with Gasteiger partial charge in [0, 0.05) is 10.8 Å². The average molecular weight is 630 g/mol. The normalized spacial score (nSPS) is 11.8. The van der Waals surface area contributed by atoms with Gasteiger partial charge in [-0.15, -0.1) is 0 Å². The Morgan fingerprint density at radius 1 is 0.306 bits per heavy atom. The Bertz CT molecular complexity index is 2910. The minimum atomic E-state index is -0.400. The van der Waals surface area contributed by atoms with E-state index in [9.17, 15) is 9.59 Å². The van der Waals surface area contributed by atoms with Gasteiger partial charge in [0.1, 0.15) is 0 Å². The highest BCUT2D eigenvalue weighted by atomic mass is 16.2. The van der Waals surface area contributed by atoms with Crippen molar-refractivity contribution in [3.63, 3.8) is 0 Å². The molecular weight excluding hydrogens is 603 g/mol. The highest BCUT2D eigenvalue weighted by Crippen LogP contribution is 2.30. The number of aromatic nitrogens is 3. The molecule has 0 fully saturated rings. The summed E-state index contributed by atoms with van der Waals surface area (Å²) in [6, 6.07) is 56.1. The standard InChI is InChI=1S/C44H27N3O2/c48-43-45(38-4-2-1-3-5-38)44(49)47-42-26-39-36-22-18-34(19-23-36)32-14-10-30(11-15-32)28-6-7-29(9-8-28)31-12-16-33(17-13-31)35-20-24-37(25-21-35)40(42)27-41(39)46(43)47/h1-27H. The monoisotopic (exact) mass is 629 g/mol. The smallest absolute Gasteiger partial charge is 0.245 e. The van der Waals surface area contributed by atoms with Gasteiger partial charge in [-0.3, -0.25) is 0 Å². The van der Waals surface area contributed by atoms with E-state index in [1.54, 1.807) is 12.1 Å². The van der Waals surface area contributed by atoms with Crippen LogP contribution < -0.4 is 11.4 Å². The zero-order valence-electron chi connectivity index (χ0n) is 26.2. The summed E-state index contributed by atoms with van der Waals surface area (Å²) in [6.45, 7) is 0. The molecule has 0 aliphatic carbocycles. The summed E-state index contributed by atoms with van der Waals surface area (Å²) in [5.74, 6) is 0. The number of hydrogen-bond acceptors (Lipinski definition) is 2.